The van der Waals surface area contributed by atoms with E-state index in [9.17, 15) is 9.59 Å². The van der Waals surface area contributed by atoms with Crippen molar-refractivity contribution in [1.82, 2.24) is 10.6 Å². The Hall–Kier alpha value is -1.40. The normalized spacial score (nSPS) is 10.1. The minimum absolute atomic E-state index is 0.00515. The minimum atomic E-state index is -0.133. The monoisotopic (exact) mass is 341 g/mol. The number of hydrogen-bond donors (Lipinski definition) is 3. The maximum atomic E-state index is 11.7. The van der Waals surface area contributed by atoms with E-state index in [2.05, 4.69) is 31.9 Å². The first-order chi connectivity index (χ1) is 9.63. The van der Waals surface area contributed by atoms with Crippen LogP contribution in [0.1, 0.15) is 19.8 Å². The minimum Gasteiger partial charge on any atom is -0.356 e. The van der Waals surface area contributed by atoms with Crippen LogP contribution in [-0.2, 0) is 9.59 Å². The maximum absolute atomic E-state index is 11.7. The van der Waals surface area contributed by atoms with Crippen LogP contribution in [0.4, 0.5) is 5.69 Å². The SMILES string of the molecule is CCCNC(=O)CCNCC(=O)Nc1ccccc1Br. The standard InChI is InChI=1S/C14H20BrN3O2/c1-2-8-17-13(19)7-9-16-10-14(20)18-12-6-4-3-5-11(12)15/h3-6,16H,2,7-10H2,1H3,(H,17,19)(H,18,20). The van der Waals surface area contributed by atoms with Crippen LogP contribution in [0.25, 0.3) is 0 Å². The molecule has 1 rings (SSSR count). The van der Waals surface area contributed by atoms with Crippen molar-refractivity contribution >= 4 is 33.4 Å². The van der Waals surface area contributed by atoms with Gasteiger partial charge in [-0.05, 0) is 34.5 Å². The topological polar surface area (TPSA) is 70.2 Å². The molecule has 110 valence electrons. The average Bonchev–Trinajstić information content (AvgIpc) is 2.44. The number of hydrogen-bond acceptors (Lipinski definition) is 3. The summed E-state index contributed by atoms with van der Waals surface area (Å²) in [6.07, 6.45) is 1.30. The van der Waals surface area contributed by atoms with E-state index in [1.54, 1.807) is 0 Å². The highest BCUT2D eigenvalue weighted by atomic mass is 79.9. The molecule has 0 unspecified atom stereocenters. The second kappa shape index (κ2) is 9.50. The van der Waals surface area contributed by atoms with E-state index in [0.717, 1.165) is 16.6 Å². The van der Waals surface area contributed by atoms with Gasteiger partial charge in [-0.25, -0.2) is 0 Å². The fourth-order valence-corrected chi connectivity index (χ4v) is 1.90. The summed E-state index contributed by atoms with van der Waals surface area (Å²) >= 11 is 3.36. The quantitative estimate of drug-likeness (QED) is 0.632. The van der Waals surface area contributed by atoms with Crippen LogP contribution in [0.5, 0.6) is 0 Å². The van der Waals surface area contributed by atoms with Crippen molar-refractivity contribution in [2.75, 3.05) is 25.0 Å². The van der Waals surface area contributed by atoms with Crippen LogP contribution in [-0.4, -0.2) is 31.4 Å². The lowest BCUT2D eigenvalue weighted by molar-refractivity contribution is -0.121. The number of carbonyl (C=O) groups excluding carboxylic acids is 2. The van der Waals surface area contributed by atoms with Crippen molar-refractivity contribution < 1.29 is 9.59 Å². The number of halogens is 1. The molecule has 0 aliphatic carbocycles. The van der Waals surface area contributed by atoms with Gasteiger partial charge in [-0.15, -0.1) is 0 Å². The van der Waals surface area contributed by atoms with E-state index in [1.165, 1.54) is 0 Å². The van der Waals surface area contributed by atoms with Gasteiger partial charge in [-0.1, -0.05) is 19.1 Å². The first-order valence-electron chi connectivity index (χ1n) is 6.65. The van der Waals surface area contributed by atoms with Gasteiger partial charge in [0, 0.05) is 24.0 Å². The highest BCUT2D eigenvalue weighted by Crippen LogP contribution is 2.20. The van der Waals surface area contributed by atoms with Crippen molar-refractivity contribution in [3.05, 3.63) is 28.7 Å². The van der Waals surface area contributed by atoms with E-state index in [4.69, 9.17) is 0 Å². The lowest BCUT2D eigenvalue weighted by Gasteiger charge is -2.08. The third-order valence-electron chi connectivity index (χ3n) is 2.53. The summed E-state index contributed by atoms with van der Waals surface area (Å²) in [6, 6.07) is 7.42. The van der Waals surface area contributed by atoms with E-state index < -0.39 is 0 Å². The predicted octanol–water partition coefficient (Wildman–Crippen LogP) is 1.89. The zero-order valence-electron chi connectivity index (χ0n) is 11.5. The van der Waals surface area contributed by atoms with E-state index in [1.807, 2.05) is 31.2 Å². The molecular formula is C14H20BrN3O2. The highest BCUT2D eigenvalue weighted by molar-refractivity contribution is 9.10. The van der Waals surface area contributed by atoms with Crippen molar-refractivity contribution in [3.63, 3.8) is 0 Å². The lowest BCUT2D eigenvalue weighted by atomic mass is 10.3. The number of anilines is 1. The van der Waals surface area contributed by atoms with Crippen LogP contribution >= 0.6 is 15.9 Å². The summed E-state index contributed by atoms with van der Waals surface area (Å²) in [7, 11) is 0. The molecule has 1 aromatic carbocycles. The van der Waals surface area contributed by atoms with E-state index in [0.29, 0.717) is 19.5 Å². The zero-order valence-corrected chi connectivity index (χ0v) is 13.1. The highest BCUT2D eigenvalue weighted by Gasteiger charge is 2.05. The summed E-state index contributed by atoms with van der Waals surface area (Å²) < 4.78 is 0.840. The number of benzene rings is 1. The average molecular weight is 342 g/mol. The molecule has 0 spiro atoms. The number of amides is 2. The first-order valence-corrected chi connectivity index (χ1v) is 7.44. The van der Waals surface area contributed by atoms with E-state index in [-0.39, 0.29) is 18.4 Å². The molecule has 0 bridgehead atoms. The molecule has 0 saturated heterocycles. The Morgan fingerprint density at radius 1 is 1.15 bits per heavy atom. The summed E-state index contributed by atoms with van der Waals surface area (Å²) in [5.41, 5.74) is 0.736. The smallest absolute Gasteiger partial charge is 0.238 e. The van der Waals surface area contributed by atoms with Gasteiger partial charge in [-0.3, -0.25) is 9.59 Å². The number of nitrogens with one attached hydrogen (secondary N) is 3. The van der Waals surface area contributed by atoms with Gasteiger partial charge in [0.1, 0.15) is 0 Å². The third-order valence-corrected chi connectivity index (χ3v) is 3.23. The summed E-state index contributed by atoms with van der Waals surface area (Å²) in [4.78, 5) is 23.0. The Morgan fingerprint density at radius 2 is 1.90 bits per heavy atom. The maximum Gasteiger partial charge on any atom is 0.238 e. The molecule has 5 nitrogen and oxygen atoms in total. The Bertz CT molecular complexity index is 452. The third kappa shape index (κ3) is 6.68. The number of rotatable bonds is 8. The molecule has 0 aliphatic rings. The largest absolute Gasteiger partial charge is 0.356 e. The molecule has 0 fully saturated rings. The molecule has 1 aromatic rings. The van der Waals surface area contributed by atoms with E-state index >= 15 is 0 Å². The van der Waals surface area contributed by atoms with Gasteiger partial charge >= 0.3 is 0 Å². The fourth-order valence-electron chi connectivity index (χ4n) is 1.51. The van der Waals surface area contributed by atoms with Crippen molar-refractivity contribution in [1.29, 1.82) is 0 Å². The lowest BCUT2D eigenvalue weighted by Crippen LogP contribution is -2.32. The Labute approximate surface area is 127 Å². The second-order valence-electron chi connectivity index (χ2n) is 4.30. The van der Waals surface area contributed by atoms with Gasteiger partial charge in [0.25, 0.3) is 0 Å². The molecule has 0 saturated carbocycles. The van der Waals surface area contributed by atoms with Crippen LogP contribution in [0.15, 0.2) is 28.7 Å². The molecular weight excluding hydrogens is 322 g/mol. The van der Waals surface area contributed by atoms with Gasteiger partial charge in [0.05, 0.1) is 12.2 Å². The van der Waals surface area contributed by atoms with Crippen LogP contribution in [0.2, 0.25) is 0 Å². The van der Waals surface area contributed by atoms with Crippen LogP contribution in [0, 0.1) is 0 Å². The molecule has 0 aromatic heterocycles. The van der Waals surface area contributed by atoms with Gasteiger partial charge in [0.2, 0.25) is 11.8 Å². The second-order valence-corrected chi connectivity index (χ2v) is 5.16. The molecule has 0 aliphatic heterocycles. The molecule has 6 heteroatoms. The number of carbonyl (C=O) groups is 2. The molecule has 2 amide bonds. The fraction of sp³-hybridized carbons (Fsp3) is 0.429. The first kappa shape index (κ1) is 16.7. The predicted molar refractivity (Wildman–Crippen MR) is 83.6 cm³/mol. The molecule has 0 atom stereocenters. The Balaban J connectivity index is 2.18. The summed E-state index contributed by atoms with van der Waals surface area (Å²) in [6.45, 7) is 3.37. The summed E-state index contributed by atoms with van der Waals surface area (Å²) in [5.74, 6) is -0.128. The number of para-hydroxylation sites is 1. The molecule has 20 heavy (non-hydrogen) atoms. The van der Waals surface area contributed by atoms with Gasteiger partial charge in [0.15, 0.2) is 0 Å². The molecule has 0 heterocycles. The zero-order chi connectivity index (χ0) is 14.8. The Morgan fingerprint density at radius 3 is 2.60 bits per heavy atom. The van der Waals surface area contributed by atoms with Crippen molar-refractivity contribution in [2.45, 2.75) is 19.8 Å². The van der Waals surface area contributed by atoms with Gasteiger partial charge in [-0.2, -0.15) is 0 Å². The van der Waals surface area contributed by atoms with Crippen molar-refractivity contribution in [2.24, 2.45) is 0 Å². The van der Waals surface area contributed by atoms with Crippen molar-refractivity contribution in [3.8, 4) is 0 Å². The van der Waals surface area contributed by atoms with Crippen LogP contribution in [0.3, 0.4) is 0 Å². The summed E-state index contributed by atoms with van der Waals surface area (Å²) in [5, 5.41) is 8.51. The Kier molecular flexibility index (Phi) is 7.91. The van der Waals surface area contributed by atoms with Crippen LogP contribution < -0.4 is 16.0 Å². The molecule has 0 radical (unpaired) electrons. The molecule has 3 N–H and O–H groups in total. The van der Waals surface area contributed by atoms with Gasteiger partial charge < -0.3 is 16.0 Å².